The van der Waals surface area contributed by atoms with Gasteiger partial charge in [0, 0.05) is 11.2 Å². The Kier molecular flexibility index (Phi) is 7.09. The Morgan fingerprint density at radius 2 is 2.14 bits per heavy atom. The van der Waals surface area contributed by atoms with Crippen LogP contribution >= 0.6 is 11.6 Å². The molecule has 1 amide bonds. The first-order valence-electron chi connectivity index (χ1n) is 9.29. The Balaban J connectivity index is 1.63. The van der Waals surface area contributed by atoms with Crippen molar-refractivity contribution in [1.82, 2.24) is 14.3 Å². The first-order valence-corrected chi connectivity index (χ1v) is 10.8. The summed E-state index contributed by atoms with van der Waals surface area (Å²) >= 11 is 4.00. The van der Waals surface area contributed by atoms with Crippen molar-refractivity contribution in [2.75, 3.05) is 6.61 Å². The van der Waals surface area contributed by atoms with Crippen LogP contribution in [0.15, 0.2) is 24.4 Å². The van der Waals surface area contributed by atoms with E-state index in [1.54, 1.807) is 11.5 Å². The maximum atomic E-state index is 11.8. The van der Waals surface area contributed by atoms with Gasteiger partial charge in [-0.15, -0.1) is 0 Å². The molecule has 0 aliphatic heterocycles. The first-order chi connectivity index (χ1) is 13.4. The van der Waals surface area contributed by atoms with Gasteiger partial charge in [0.15, 0.2) is 0 Å². The van der Waals surface area contributed by atoms with Crippen molar-refractivity contribution >= 4 is 28.8 Å². The van der Waals surface area contributed by atoms with E-state index in [1.807, 2.05) is 22.9 Å². The van der Waals surface area contributed by atoms with Gasteiger partial charge in [-0.1, -0.05) is 36.9 Å². The number of benzene rings is 1. The zero-order valence-electron chi connectivity index (χ0n) is 15.7. The van der Waals surface area contributed by atoms with Gasteiger partial charge in [-0.2, -0.15) is 0 Å². The highest BCUT2D eigenvalue weighted by atomic mass is 35.5. The summed E-state index contributed by atoms with van der Waals surface area (Å²) in [5.74, 6) is 1.27. The molecule has 1 fully saturated rings. The van der Waals surface area contributed by atoms with Crippen LogP contribution in [0.2, 0.25) is 5.02 Å². The average Bonchev–Trinajstić information content (AvgIpc) is 3.03. The third-order valence-corrected chi connectivity index (χ3v) is 5.68. The molecule has 2 aromatic rings. The SMILES string of the molecule is Cc1nc(C(=O)NS(=O)O)cn1Cc1ccc(OCC2CCCCC2)cc1Cl. The van der Waals surface area contributed by atoms with Crippen LogP contribution in [0.1, 0.15) is 54.0 Å². The fourth-order valence-corrected chi connectivity index (χ4v) is 3.90. The molecule has 1 aliphatic carbocycles. The summed E-state index contributed by atoms with van der Waals surface area (Å²) in [6, 6.07) is 5.62. The number of hydrogen-bond acceptors (Lipinski definition) is 4. The molecule has 9 heteroatoms. The van der Waals surface area contributed by atoms with Crippen LogP contribution < -0.4 is 9.46 Å². The van der Waals surface area contributed by atoms with Gasteiger partial charge in [0.2, 0.25) is 0 Å². The van der Waals surface area contributed by atoms with E-state index >= 15 is 0 Å². The average molecular weight is 426 g/mol. The van der Waals surface area contributed by atoms with E-state index in [9.17, 15) is 9.00 Å². The van der Waals surface area contributed by atoms with Gasteiger partial charge in [-0.05, 0) is 43.4 Å². The number of amides is 1. The van der Waals surface area contributed by atoms with Gasteiger partial charge >= 0.3 is 0 Å². The number of carbonyl (C=O) groups is 1. The molecule has 7 nitrogen and oxygen atoms in total. The highest BCUT2D eigenvalue weighted by Gasteiger charge is 2.16. The second-order valence-electron chi connectivity index (χ2n) is 7.05. The third kappa shape index (κ3) is 5.56. The van der Waals surface area contributed by atoms with Crippen molar-refractivity contribution in [3.63, 3.8) is 0 Å². The molecular weight excluding hydrogens is 402 g/mol. The number of carbonyl (C=O) groups excluding carboxylic acids is 1. The standard InChI is InChI=1S/C19H24ClN3O4S/c1-13-21-18(19(24)22-28(25)26)11-23(13)10-15-7-8-16(9-17(15)20)27-12-14-5-3-2-4-6-14/h7-9,11,14H,2-6,10,12H2,1H3,(H,22,24)(H,25,26). The molecule has 1 aliphatic rings. The van der Waals surface area contributed by atoms with E-state index in [4.69, 9.17) is 20.9 Å². The van der Waals surface area contributed by atoms with E-state index in [1.165, 1.54) is 38.3 Å². The highest BCUT2D eigenvalue weighted by Crippen LogP contribution is 2.27. The maximum absolute atomic E-state index is 11.8. The zero-order valence-corrected chi connectivity index (χ0v) is 17.3. The van der Waals surface area contributed by atoms with Crippen molar-refractivity contribution in [3.05, 3.63) is 46.5 Å². The number of halogens is 1. The molecule has 1 saturated carbocycles. The topological polar surface area (TPSA) is 93.5 Å². The number of nitrogens with one attached hydrogen (secondary N) is 1. The molecule has 1 aromatic heterocycles. The van der Waals surface area contributed by atoms with Crippen molar-refractivity contribution in [3.8, 4) is 5.75 Å². The number of rotatable bonds is 7. The maximum Gasteiger partial charge on any atom is 0.284 e. The number of hydrogen-bond donors (Lipinski definition) is 2. The molecule has 152 valence electrons. The molecular formula is C19H24ClN3O4S. The predicted molar refractivity (Wildman–Crippen MR) is 108 cm³/mol. The van der Waals surface area contributed by atoms with Gasteiger partial charge in [0.1, 0.15) is 17.3 Å². The Morgan fingerprint density at radius 1 is 1.39 bits per heavy atom. The molecule has 1 unspecified atom stereocenters. The lowest BCUT2D eigenvalue weighted by Gasteiger charge is -2.21. The summed E-state index contributed by atoms with van der Waals surface area (Å²) in [5, 5.41) is 0.580. The molecule has 28 heavy (non-hydrogen) atoms. The predicted octanol–water partition coefficient (Wildman–Crippen LogP) is 3.72. The van der Waals surface area contributed by atoms with Gasteiger partial charge in [-0.25, -0.2) is 13.9 Å². The number of ether oxygens (including phenoxy) is 1. The van der Waals surface area contributed by atoms with Gasteiger partial charge in [-0.3, -0.25) is 9.35 Å². The van der Waals surface area contributed by atoms with Crippen LogP contribution in [0.4, 0.5) is 0 Å². The minimum absolute atomic E-state index is 0.0726. The molecule has 1 aromatic carbocycles. The quantitative estimate of drug-likeness (QED) is 0.659. The summed E-state index contributed by atoms with van der Waals surface area (Å²) in [6.45, 7) is 2.90. The van der Waals surface area contributed by atoms with E-state index < -0.39 is 17.2 Å². The van der Waals surface area contributed by atoms with Gasteiger partial charge < -0.3 is 9.30 Å². The molecule has 1 atom stereocenters. The van der Waals surface area contributed by atoms with Crippen LogP contribution in [0.25, 0.3) is 0 Å². The van der Waals surface area contributed by atoms with E-state index in [0.717, 1.165) is 17.9 Å². The monoisotopic (exact) mass is 425 g/mol. The lowest BCUT2D eigenvalue weighted by Crippen LogP contribution is -2.25. The molecule has 0 spiro atoms. The van der Waals surface area contributed by atoms with E-state index in [0.29, 0.717) is 23.3 Å². The molecule has 3 rings (SSSR count). The van der Waals surface area contributed by atoms with Gasteiger partial charge in [0.25, 0.3) is 17.2 Å². The largest absolute Gasteiger partial charge is 0.493 e. The Bertz CT molecular complexity index is 865. The Labute approximate surface area is 171 Å². The normalized spacial score (nSPS) is 16.0. The van der Waals surface area contributed by atoms with Crippen LogP contribution in [-0.4, -0.2) is 30.8 Å². The van der Waals surface area contributed by atoms with Crippen LogP contribution in [0.5, 0.6) is 5.75 Å². The fourth-order valence-electron chi connectivity index (χ4n) is 3.41. The molecule has 0 radical (unpaired) electrons. The van der Waals surface area contributed by atoms with Crippen molar-refractivity contribution < 1.29 is 18.3 Å². The minimum Gasteiger partial charge on any atom is -0.493 e. The fraction of sp³-hybridized carbons (Fsp3) is 0.474. The van der Waals surface area contributed by atoms with Gasteiger partial charge in [0.05, 0.1) is 13.2 Å². The van der Waals surface area contributed by atoms with E-state index in [2.05, 4.69) is 4.98 Å². The Morgan fingerprint density at radius 3 is 2.82 bits per heavy atom. The number of aromatic nitrogens is 2. The second-order valence-corrected chi connectivity index (χ2v) is 8.16. The summed E-state index contributed by atoms with van der Waals surface area (Å²) in [5.41, 5.74) is 0.938. The summed E-state index contributed by atoms with van der Waals surface area (Å²) < 4.78 is 29.0. The molecule has 2 N–H and O–H groups in total. The summed E-state index contributed by atoms with van der Waals surface area (Å²) in [6.07, 6.45) is 7.88. The third-order valence-electron chi connectivity index (χ3n) is 4.96. The summed E-state index contributed by atoms with van der Waals surface area (Å²) in [4.78, 5) is 15.9. The van der Waals surface area contributed by atoms with Crippen molar-refractivity contribution in [2.24, 2.45) is 5.92 Å². The van der Waals surface area contributed by atoms with Crippen LogP contribution in [-0.2, 0) is 17.8 Å². The zero-order chi connectivity index (χ0) is 20.1. The van der Waals surface area contributed by atoms with E-state index in [-0.39, 0.29) is 5.69 Å². The minimum atomic E-state index is -2.43. The van der Waals surface area contributed by atoms with Crippen molar-refractivity contribution in [1.29, 1.82) is 0 Å². The smallest absolute Gasteiger partial charge is 0.284 e. The van der Waals surface area contributed by atoms with Crippen LogP contribution in [0.3, 0.4) is 0 Å². The lowest BCUT2D eigenvalue weighted by atomic mass is 9.90. The lowest BCUT2D eigenvalue weighted by molar-refractivity contribution is 0.0976. The highest BCUT2D eigenvalue weighted by molar-refractivity contribution is 7.77. The first kappa shape index (κ1) is 20.8. The molecule has 0 bridgehead atoms. The number of imidazole rings is 1. The number of nitrogens with zero attached hydrogens (tertiary/aromatic N) is 2. The Hall–Kier alpha value is -1.90. The molecule has 1 heterocycles. The van der Waals surface area contributed by atoms with Crippen LogP contribution in [0, 0.1) is 12.8 Å². The van der Waals surface area contributed by atoms with Crippen molar-refractivity contribution in [2.45, 2.75) is 45.6 Å². The molecule has 0 saturated heterocycles. The second kappa shape index (κ2) is 9.54. The number of aryl methyl sites for hydroxylation is 1. The summed E-state index contributed by atoms with van der Waals surface area (Å²) in [7, 11) is 0.